The second kappa shape index (κ2) is 9.69. The Bertz CT molecular complexity index is 975. The SMILES string of the molecule is CCOc1ccc([C@@H](c2nnnn2C2CCCC2)N2CCN(c3ccccc3)CC2)cc1. The first kappa shape index (κ1) is 20.9. The lowest BCUT2D eigenvalue weighted by atomic mass is 10.0. The van der Waals surface area contributed by atoms with Crippen LogP contribution in [0.1, 0.15) is 56.1 Å². The number of tetrazole rings is 1. The van der Waals surface area contributed by atoms with Crippen molar-refractivity contribution >= 4 is 5.69 Å². The van der Waals surface area contributed by atoms with Crippen LogP contribution in [0.3, 0.4) is 0 Å². The van der Waals surface area contributed by atoms with E-state index in [4.69, 9.17) is 4.74 Å². The molecule has 0 unspecified atom stereocenters. The quantitative estimate of drug-likeness (QED) is 0.560. The van der Waals surface area contributed by atoms with Gasteiger partial charge in [-0.1, -0.05) is 43.2 Å². The number of piperazine rings is 1. The fourth-order valence-electron chi connectivity index (χ4n) is 5.10. The Morgan fingerprint density at radius 1 is 0.938 bits per heavy atom. The molecule has 2 aromatic carbocycles. The van der Waals surface area contributed by atoms with Crippen LogP contribution >= 0.6 is 0 Å². The number of ether oxygens (including phenoxy) is 1. The number of anilines is 1. The van der Waals surface area contributed by atoms with Crippen molar-refractivity contribution in [2.24, 2.45) is 0 Å². The molecule has 3 aromatic rings. The molecule has 2 aliphatic rings. The van der Waals surface area contributed by atoms with Crippen LogP contribution in [0.2, 0.25) is 0 Å². The molecule has 32 heavy (non-hydrogen) atoms. The van der Waals surface area contributed by atoms with Crippen molar-refractivity contribution in [2.45, 2.75) is 44.7 Å². The van der Waals surface area contributed by atoms with Crippen LogP contribution in [0.4, 0.5) is 5.69 Å². The van der Waals surface area contributed by atoms with E-state index in [1.165, 1.54) is 24.1 Å². The molecule has 7 heteroatoms. The van der Waals surface area contributed by atoms with E-state index in [0.29, 0.717) is 12.6 Å². The lowest BCUT2D eigenvalue weighted by molar-refractivity contribution is 0.197. The minimum Gasteiger partial charge on any atom is -0.494 e. The van der Waals surface area contributed by atoms with Crippen LogP contribution in [0.25, 0.3) is 0 Å². The van der Waals surface area contributed by atoms with Gasteiger partial charge in [0.2, 0.25) is 0 Å². The Morgan fingerprint density at radius 2 is 1.66 bits per heavy atom. The maximum absolute atomic E-state index is 5.68. The first-order valence-corrected chi connectivity index (χ1v) is 11.9. The summed E-state index contributed by atoms with van der Waals surface area (Å²) in [5.74, 6) is 1.87. The summed E-state index contributed by atoms with van der Waals surface area (Å²) in [6.45, 7) is 6.59. The second-order valence-corrected chi connectivity index (χ2v) is 8.68. The van der Waals surface area contributed by atoms with Gasteiger partial charge < -0.3 is 9.64 Å². The van der Waals surface area contributed by atoms with E-state index in [0.717, 1.165) is 50.6 Å². The van der Waals surface area contributed by atoms with Gasteiger partial charge >= 0.3 is 0 Å². The zero-order valence-electron chi connectivity index (χ0n) is 18.8. The average Bonchev–Trinajstić information content (AvgIpc) is 3.54. The maximum Gasteiger partial charge on any atom is 0.173 e. The van der Waals surface area contributed by atoms with Gasteiger partial charge in [-0.15, -0.1) is 5.10 Å². The summed E-state index contributed by atoms with van der Waals surface area (Å²) < 4.78 is 7.79. The van der Waals surface area contributed by atoms with Gasteiger partial charge in [0, 0.05) is 31.9 Å². The molecule has 5 rings (SSSR count). The van der Waals surface area contributed by atoms with Crippen molar-refractivity contribution in [3.8, 4) is 5.75 Å². The molecule has 7 nitrogen and oxygen atoms in total. The van der Waals surface area contributed by atoms with Gasteiger partial charge in [0.1, 0.15) is 5.75 Å². The summed E-state index contributed by atoms with van der Waals surface area (Å²) >= 11 is 0. The molecule has 1 atom stereocenters. The lowest BCUT2D eigenvalue weighted by Crippen LogP contribution is -2.48. The summed E-state index contributed by atoms with van der Waals surface area (Å²) in [6.07, 6.45) is 4.84. The molecule has 2 fully saturated rings. The number of rotatable bonds is 7. The molecule has 1 aliphatic heterocycles. The summed E-state index contributed by atoms with van der Waals surface area (Å²) in [4.78, 5) is 5.00. The molecular formula is C25H32N6O. The molecule has 1 saturated carbocycles. The Labute approximate surface area is 190 Å². The van der Waals surface area contributed by atoms with Crippen LogP contribution in [0.15, 0.2) is 54.6 Å². The molecule has 2 heterocycles. The molecule has 0 N–H and O–H groups in total. The van der Waals surface area contributed by atoms with Gasteiger partial charge in [-0.2, -0.15) is 0 Å². The number of aromatic nitrogens is 4. The summed E-state index contributed by atoms with van der Waals surface area (Å²) in [6, 6.07) is 19.6. The third kappa shape index (κ3) is 4.35. The van der Waals surface area contributed by atoms with Gasteiger partial charge in [-0.25, -0.2) is 4.68 Å². The van der Waals surface area contributed by atoms with Gasteiger partial charge in [0.25, 0.3) is 0 Å². The maximum atomic E-state index is 5.68. The minimum absolute atomic E-state index is 0.0409. The predicted octanol–water partition coefficient (Wildman–Crippen LogP) is 4.10. The van der Waals surface area contributed by atoms with Crippen molar-refractivity contribution < 1.29 is 4.74 Å². The largest absolute Gasteiger partial charge is 0.494 e. The van der Waals surface area contributed by atoms with Crippen molar-refractivity contribution in [3.63, 3.8) is 0 Å². The first-order valence-electron chi connectivity index (χ1n) is 11.9. The number of nitrogens with zero attached hydrogens (tertiary/aromatic N) is 6. The van der Waals surface area contributed by atoms with Gasteiger partial charge in [-0.05, 0) is 60.0 Å². The number of para-hydroxylation sites is 1. The molecule has 0 radical (unpaired) electrons. The summed E-state index contributed by atoms with van der Waals surface area (Å²) in [7, 11) is 0. The third-order valence-corrected chi connectivity index (χ3v) is 6.74. The summed E-state index contributed by atoms with van der Waals surface area (Å²) in [5.41, 5.74) is 2.51. The van der Waals surface area contributed by atoms with Crippen molar-refractivity contribution in [3.05, 3.63) is 66.0 Å². The highest BCUT2D eigenvalue weighted by Crippen LogP contribution is 2.35. The van der Waals surface area contributed by atoms with Gasteiger partial charge in [0.15, 0.2) is 5.82 Å². The van der Waals surface area contributed by atoms with Crippen molar-refractivity contribution in [2.75, 3.05) is 37.7 Å². The van der Waals surface area contributed by atoms with E-state index in [1.54, 1.807) is 0 Å². The van der Waals surface area contributed by atoms with Gasteiger partial charge in [0.05, 0.1) is 18.7 Å². The second-order valence-electron chi connectivity index (χ2n) is 8.68. The van der Waals surface area contributed by atoms with Crippen LogP contribution in [0.5, 0.6) is 5.75 Å². The van der Waals surface area contributed by atoms with E-state index in [-0.39, 0.29) is 6.04 Å². The average molecular weight is 433 g/mol. The highest BCUT2D eigenvalue weighted by atomic mass is 16.5. The van der Waals surface area contributed by atoms with Crippen molar-refractivity contribution in [1.29, 1.82) is 0 Å². The fourth-order valence-corrected chi connectivity index (χ4v) is 5.10. The minimum atomic E-state index is 0.0409. The molecule has 0 bridgehead atoms. The van der Waals surface area contributed by atoms with E-state index in [2.05, 4.69) is 84.6 Å². The zero-order valence-corrected chi connectivity index (χ0v) is 18.8. The molecule has 168 valence electrons. The fraction of sp³-hybridized carbons (Fsp3) is 0.480. The Hall–Kier alpha value is -2.93. The van der Waals surface area contributed by atoms with Crippen LogP contribution in [-0.2, 0) is 0 Å². The van der Waals surface area contributed by atoms with Crippen LogP contribution < -0.4 is 9.64 Å². The number of hydrogen-bond donors (Lipinski definition) is 0. The first-order chi connectivity index (χ1) is 15.8. The topological polar surface area (TPSA) is 59.3 Å². The lowest BCUT2D eigenvalue weighted by Gasteiger charge is -2.40. The number of hydrogen-bond acceptors (Lipinski definition) is 6. The zero-order chi connectivity index (χ0) is 21.8. The molecule has 1 saturated heterocycles. The Balaban J connectivity index is 1.42. The van der Waals surface area contributed by atoms with Gasteiger partial charge in [-0.3, -0.25) is 4.90 Å². The molecular weight excluding hydrogens is 400 g/mol. The summed E-state index contributed by atoms with van der Waals surface area (Å²) in [5, 5.41) is 13.1. The predicted molar refractivity (Wildman–Crippen MR) is 125 cm³/mol. The van der Waals surface area contributed by atoms with Crippen molar-refractivity contribution in [1.82, 2.24) is 25.1 Å². The highest BCUT2D eigenvalue weighted by molar-refractivity contribution is 5.46. The molecule has 1 aromatic heterocycles. The van der Waals surface area contributed by atoms with Crippen LogP contribution in [0, 0.1) is 0 Å². The van der Waals surface area contributed by atoms with E-state index in [9.17, 15) is 0 Å². The van der Waals surface area contributed by atoms with E-state index in [1.807, 2.05) is 6.92 Å². The molecule has 0 amide bonds. The normalized spacial score (nSPS) is 18.7. The number of benzene rings is 2. The Morgan fingerprint density at radius 3 is 2.34 bits per heavy atom. The monoisotopic (exact) mass is 432 g/mol. The third-order valence-electron chi connectivity index (χ3n) is 6.74. The highest BCUT2D eigenvalue weighted by Gasteiger charge is 2.33. The molecule has 1 aliphatic carbocycles. The smallest absolute Gasteiger partial charge is 0.173 e. The van der Waals surface area contributed by atoms with E-state index < -0.39 is 0 Å². The van der Waals surface area contributed by atoms with E-state index >= 15 is 0 Å². The standard InChI is InChI=1S/C25H32N6O/c1-2-32-23-14-12-20(13-15-23)24(25-26-27-28-31(25)22-10-6-7-11-22)30-18-16-29(17-19-30)21-8-4-3-5-9-21/h3-5,8-9,12-15,22,24H,2,6-7,10-11,16-19H2,1H3/t24-/m0/s1. The Kier molecular flexibility index (Phi) is 6.34. The van der Waals surface area contributed by atoms with Crippen LogP contribution in [-0.4, -0.2) is 57.9 Å². The molecule has 0 spiro atoms.